The fourth-order valence-electron chi connectivity index (χ4n) is 3.48. The Morgan fingerprint density at radius 2 is 2.40 bits per heavy atom. The fourth-order valence-corrected chi connectivity index (χ4v) is 3.48. The lowest BCUT2D eigenvalue weighted by Gasteiger charge is -2.40. The molecule has 2 aliphatic heterocycles. The van der Waals surface area contributed by atoms with Gasteiger partial charge >= 0.3 is 0 Å². The van der Waals surface area contributed by atoms with Crippen molar-refractivity contribution in [3.05, 3.63) is 24.2 Å². The molecule has 3 heterocycles. The van der Waals surface area contributed by atoms with Crippen LogP contribution in [0.4, 0.5) is 0 Å². The molecule has 1 aromatic heterocycles. The van der Waals surface area contributed by atoms with Gasteiger partial charge in [0.1, 0.15) is 5.76 Å². The third kappa shape index (κ3) is 2.92. The summed E-state index contributed by atoms with van der Waals surface area (Å²) >= 11 is 0. The average molecular weight is 279 g/mol. The summed E-state index contributed by atoms with van der Waals surface area (Å²) in [6, 6.07) is 4.36. The molecule has 0 aliphatic carbocycles. The first kappa shape index (κ1) is 14.1. The third-order valence-corrected chi connectivity index (χ3v) is 4.53. The summed E-state index contributed by atoms with van der Waals surface area (Å²) in [5.74, 6) is 1.61. The Bertz CT molecular complexity index is 398. The molecule has 4 heteroatoms. The van der Waals surface area contributed by atoms with Crippen LogP contribution >= 0.6 is 0 Å². The predicted molar refractivity (Wildman–Crippen MR) is 76.6 cm³/mol. The Hall–Kier alpha value is -0.840. The van der Waals surface area contributed by atoms with Crippen molar-refractivity contribution in [2.24, 2.45) is 5.92 Å². The van der Waals surface area contributed by atoms with E-state index in [9.17, 15) is 0 Å². The van der Waals surface area contributed by atoms with Crippen LogP contribution in [0.3, 0.4) is 0 Å². The van der Waals surface area contributed by atoms with Crippen LogP contribution in [0, 0.1) is 5.92 Å². The molecule has 1 aromatic rings. The summed E-state index contributed by atoms with van der Waals surface area (Å²) < 4.78 is 17.3. The van der Waals surface area contributed by atoms with Crippen LogP contribution in [0.2, 0.25) is 0 Å². The largest absolute Gasteiger partial charge is 0.468 e. The van der Waals surface area contributed by atoms with Crippen LogP contribution < -0.4 is 5.32 Å². The van der Waals surface area contributed by atoms with Gasteiger partial charge in [0.25, 0.3) is 0 Å². The van der Waals surface area contributed by atoms with E-state index in [1.807, 2.05) is 6.07 Å². The van der Waals surface area contributed by atoms with E-state index in [0.29, 0.717) is 12.0 Å². The molecule has 3 unspecified atom stereocenters. The molecule has 3 atom stereocenters. The maximum absolute atomic E-state index is 6.05. The number of ether oxygens (including phenoxy) is 2. The summed E-state index contributed by atoms with van der Waals surface area (Å²) in [5.41, 5.74) is -0.0400. The first-order chi connectivity index (χ1) is 9.83. The molecule has 112 valence electrons. The summed E-state index contributed by atoms with van der Waals surface area (Å²) in [6.07, 6.45) is 6.08. The van der Waals surface area contributed by atoms with E-state index in [0.717, 1.165) is 57.8 Å². The second-order valence-corrected chi connectivity index (χ2v) is 6.03. The van der Waals surface area contributed by atoms with Crippen LogP contribution in [0.25, 0.3) is 0 Å². The van der Waals surface area contributed by atoms with Crippen molar-refractivity contribution in [3.63, 3.8) is 0 Å². The second kappa shape index (κ2) is 6.29. The molecular weight excluding hydrogens is 254 g/mol. The molecule has 2 aliphatic rings. The molecule has 2 fully saturated rings. The van der Waals surface area contributed by atoms with Crippen LogP contribution in [0.5, 0.6) is 0 Å². The van der Waals surface area contributed by atoms with Gasteiger partial charge in [-0.3, -0.25) is 0 Å². The van der Waals surface area contributed by atoms with E-state index in [4.69, 9.17) is 13.9 Å². The van der Waals surface area contributed by atoms with E-state index < -0.39 is 0 Å². The highest BCUT2D eigenvalue weighted by molar-refractivity contribution is 5.08. The van der Waals surface area contributed by atoms with Gasteiger partial charge in [-0.05, 0) is 43.9 Å². The van der Waals surface area contributed by atoms with Gasteiger partial charge in [0, 0.05) is 19.6 Å². The Morgan fingerprint density at radius 1 is 1.45 bits per heavy atom. The number of hydrogen-bond donors (Lipinski definition) is 1. The summed E-state index contributed by atoms with van der Waals surface area (Å²) in [4.78, 5) is 0. The molecule has 1 N–H and O–H groups in total. The van der Waals surface area contributed by atoms with Crippen molar-refractivity contribution < 1.29 is 13.9 Å². The van der Waals surface area contributed by atoms with Crippen molar-refractivity contribution in [2.45, 2.75) is 44.2 Å². The van der Waals surface area contributed by atoms with Gasteiger partial charge in [-0.2, -0.15) is 0 Å². The van der Waals surface area contributed by atoms with Crippen LogP contribution in [0.15, 0.2) is 22.8 Å². The molecule has 2 saturated heterocycles. The molecule has 0 bridgehead atoms. The molecule has 0 amide bonds. The zero-order chi connectivity index (χ0) is 13.8. The highest BCUT2D eigenvalue weighted by Gasteiger charge is 2.43. The van der Waals surface area contributed by atoms with E-state index >= 15 is 0 Å². The van der Waals surface area contributed by atoms with Gasteiger partial charge in [0.2, 0.25) is 0 Å². The Kier molecular flexibility index (Phi) is 4.44. The van der Waals surface area contributed by atoms with Crippen LogP contribution in [-0.4, -0.2) is 32.0 Å². The second-order valence-electron chi connectivity index (χ2n) is 6.03. The number of hydrogen-bond acceptors (Lipinski definition) is 4. The standard InChI is InChI=1S/C16H25NO3/c1-2-7-17-15(14-4-3-8-19-14)13-5-9-20-16(11-13)6-10-18-12-16/h3-4,8,13,15,17H,2,5-7,9-12H2,1H3. The summed E-state index contributed by atoms with van der Waals surface area (Å²) in [7, 11) is 0. The molecule has 1 spiro atoms. The van der Waals surface area contributed by atoms with Crippen molar-refractivity contribution in [1.82, 2.24) is 5.32 Å². The maximum atomic E-state index is 6.05. The zero-order valence-corrected chi connectivity index (χ0v) is 12.3. The lowest BCUT2D eigenvalue weighted by molar-refractivity contribution is -0.104. The highest BCUT2D eigenvalue weighted by atomic mass is 16.6. The first-order valence-electron chi connectivity index (χ1n) is 7.81. The Labute approximate surface area is 120 Å². The SMILES string of the molecule is CCCNC(c1ccco1)C1CCOC2(CCOC2)C1. The lowest BCUT2D eigenvalue weighted by Crippen LogP contribution is -2.44. The van der Waals surface area contributed by atoms with Gasteiger partial charge in [-0.15, -0.1) is 0 Å². The van der Waals surface area contributed by atoms with Gasteiger partial charge < -0.3 is 19.2 Å². The molecule has 3 rings (SSSR count). The van der Waals surface area contributed by atoms with Crippen LogP contribution in [-0.2, 0) is 9.47 Å². The van der Waals surface area contributed by atoms with Crippen molar-refractivity contribution in [2.75, 3.05) is 26.4 Å². The molecule has 0 radical (unpaired) electrons. The minimum atomic E-state index is -0.0400. The molecule has 0 saturated carbocycles. The minimum absolute atomic E-state index is 0.0400. The molecular formula is C16H25NO3. The number of rotatable bonds is 5. The Balaban J connectivity index is 1.72. The van der Waals surface area contributed by atoms with Gasteiger partial charge in [0.15, 0.2) is 0 Å². The first-order valence-corrected chi connectivity index (χ1v) is 7.81. The monoisotopic (exact) mass is 279 g/mol. The quantitative estimate of drug-likeness (QED) is 0.900. The fraction of sp³-hybridized carbons (Fsp3) is 0.750. The zero-order valence-electron chi connectivity index (χ0n) is 12.3. The topological polar surface area (TPSA) is 43.6 Å². The lowest BCUT2D eigenvalue weighted by atomic mass is 9.80. The molecule has 20 heavy (non-hydrogen) atoms. The van der Waals surface area contributed by atoms with Crippen LogP contribution in [0.1, 0.15) is 44.4 Å². The number of nitrogens with one attached hydrogen (secondary N) is 1. The van der Waals surface area contributed by atoms with E-state index in [2.05, 4.69) is 18.3 Å². The van der Waals surface area contributed by atoms with Crippen molar-refractivity contribution in [1.29, 1.82) is 0 Å². The number of furan rings is 1. The van der Waals surface area contributed by atoms with Gasteiger partial charge in [-0.1, -0.05) is 6.92 Å². The smallest absolute Gasteiger partial charge is 0.120 e. The van der Waals surface area contributed by atoms with E-state index in [1.165, 1.54) is 0 Å². The van der Waals surface area contributed by atoms with Gasteiger partial charge in [-0.25, -0.2) is 0 Å². The highest BCUT2D eigenvalue weighted by Crippen LogP contribution is 2.41. The molecule has 4 nitrogen and oxygen atoms in total. The maximum Gasteiger partial charge on any atom is 0.120 e. The van der Waals surface area contributed by atoms with Gasteiger partial charge in [0.05, 0.1) is 24.5 Å². The van der Waals surface area contributed by atoms with E-state index in [1.54, 1.807) is 6.26 Å². The minimum Gasteiger partial charge on any atom is -0.468 e. The Morgan fingerprint density at radius 3 is 3.10 bits per heavy atom. The summed E-state index contributed by atoms with van der Waals surface area (Å²) in [6.45, 7) is 5.64. The van der Waals surface area contributed by atoms with Crippen molar-refractivity contribution >= 4 is 0 Å². The predicted octanol–water partition coefficient (Wildman–Crippen LogP) is 2.91. The molecule has 0 aromatic carbocycles. The summed E-state index contributed by atoms with van der Waals surface area (Å²) in [5, 5.41) is 3.66. The average Bonchev–Trinajstić information content (AvgIpc) is 3.12. The third-order valence-electron chi connectivity index (χ3n) is 4.53. The van der Waals surface area contributed by atoms with E-state index in [-0.39, 0.29) is 5.60 Å². The van der Waals surface area contributed by atoms with Crippen molar-refractivity contribution in [3.8, 4) is 0 Å². The normalized spacial score (nSPS) is 31.8.